The number of aliphatic hydroxyl groups is 1. The highest BCUT2D eigenvalue weighted by Gasteiger charge is 2.52. The van der Waals surface area contributed by atoms with Crippen LogP contribution in [0, 0.1) is 0 Å². The van der Waals surface area contributed by atoms with Crippen molar-refractivity contribution in [1.82, 2.24) is 4.90 Å². The van der Waals surface area contributed by atoms with Gasteiger partial charge in [-0.25, -0.2) is 4.79 Å². The Bertz CT molecular complexity index is 944. The van der Waals surface area contributed by atoms with Crippen molar-refractivity contribution >= 4 is 23.2 Å². The maximum atomic E-state index is 14.1. The summed E-state index contributed by atoms with van der Waals surface area (Å²) in [7, 11) is 0. The maximum absolute atomic E-state index is 14.1. The third-order valence-corrected chi connectivity index (χ3v) is 6.64. The molecule has 0 aliphatic carbocycles. The number of carbonyl (C=O) groups is 2. The summed E-state index contributed by atoms with van der Waals surface area (Å²) >= 11 is 1.14. The Hall–Kier alpha value is -2.58. The molecule has 0 spiro atoms. The van der Waals surface area contributed by atoms with Crippen molar-refractivity contribution in [3.63, 3.8) is 0 Å². The van der Waals surface area contributed by atoms with Gasteiger partial charge in [0.15, 0.2) is 0 Å². The number of alkyl halides is 2. The lowest BCUT2D eigenvalue weighted by atomic mass is 9.94. The summed E-state index contributed by atoms with van der Waals surface area (Å²) < 4.78 is 28.2. The number of aryl methyl sites for hydroxylation is 1. The predicted octanol–water partition coefficient (Wildman–Crippen LogP) is 4.34. The van der Waals surface area contributed by atoms with E-state index in [4.69, 9.17) is 5.11 Å². The number of carbonyl (C=O) groups excluding carboxylic acids is 1. The second-order valence-corrected chi connectivity index (χ2v) is 8.89. The fourth-order valence-electron chi connectivity index (χ4n) is 3.67. The molecule has 5 nitrogen and oxygen atoms in total. The summed E-state index contributed by atoms with van der Waals surface area (Å²) in [4.78, 5) is 25.4. The van der Waals surface area contributed by atoms with Crippen molar-refractivity contribution in [1.29, 1.82) is 0 Å². The van der Waals surface area contributed by atoms with Gasteiger partial charge in [-0.3, -0.25) is 4.79 Å². The lowest BCUT2D eigenvalue weighted by Gasteiger charge is -2.22. The largest absolute Gasteiger partial charge is 0.477 e. The molecule has 8 heteroatoms. The van der Waals surface area contributed by atoms with Gasteiger partial charge in [0, 0.05) is 23.8 Å². The van der Waals surface area contributed by atoms with E-state index < -0.39 is 36.4 Å². The molecule has 0 radical (unpaired) electrons. The normalized spacial score (nSPS) is 20.3. The van der Waals surface area contributed by atoms with Crippen LogP contribution in [-0.2, 0) is 11.2 Å². The van der Waals surface area contributed by atoms with E-state index in [0.717, 1.165) is 26.7 Å². The Morgan fingerprint density at radius 3 is 2.65 bits per heavy atom. The first kappa shape index (κ1) is 23.1. The molecule has 166 valence electrons. The summed E-state index contributed by atoms with van der Waals surface area (Å²) in [5, 5.41) is 19.4. The Labute approximate surface area is 183 Å². The van der Waals surface area contributed by atoms with Crippen LogP contribution in [0.25, 0.3) is 0 Å². The van der Waals surface area contributed by atoms with Gasteiger partial charge in [-0.15, -0.1) is 11.3 Å². The first-order valence-corrected chi connectivity index (χ1v) is 10.9. The lowest BCUT2D eigenvalue weighted by molar-refractivity contribution is -0.148. The first-order chi connectivity index (χ1) is 14.7. The van der Waals surface area contributed by atoms with E-state index >= 15 is 0 Å². The van der Waals surface area contributed by atoms with Crippen LogP contribution in [0.1, 0.15) is 45.8 Å². The number of rotatable bonds is 9. The van der Waals surface area contributed by atoms with Crippen LogP contribution >= 0.6 is 11.3 Å². The van der Waals surface area contributed by atoms with E-state index in [-0.39, 0.29) is 17.3 Å². The number of likely N-dealkylation sites (tertiary alicyclic amines) is 1. The average Bonchev–Trinajstić information content (AvgIpc) is 3.30. The molecule has 0 bridgehead atoms. The number of thiophene rings is 1. The molecule has 1 aliphatic heterocycles. The average molecular weight is 450 g/mol. The molecular formula is C23H25F2NO4S. The van der Waals surface area contributed by atoms with Crippen molar-refractivity contribution in [2.45, 2.75) is 50.2 Å². The minimum absolute atomic E-state index is 0.133. The molecule has 2 aromatic rings. The lowest BCUT2D eigenvalue weighted by Crippen LogP contribution is -2.36. The number of nitrogens with zero attached hydrogens (tertiary/aromatic N) is 1. The number of carboxylic acids is 1. The van der Waals surface area contributed by atoms with Crippen LogP contribution in [0.4, 0.5) is 8.78 Å². The van der Waals surface area contributed by atoms with E-state index in [1.165, 1.54) is 18.2 Å². The number of aliphatic hydroxyl groups excluding tert-OH is 1. The van der Waals surface area contributed by atoms with E-state index in [2.05, 4.69) is 0 Å². The van der Waals surface area contributed by atoms with Crippen molar-refractivity contribution in [2.75, 3.05) is 6.54 Å². The van der Waals surface area contributed by atoms with Crippen LogP contribution in [-0.4, -0.2) is 51.6 Å². The van der Waals surface area contributed by atoms with E-state index in [1.54, 1.807) is 6.07 Å². The standard InChI is InChI=1S/C23H25F2NO4S/c1-15(16-6-3-2-4-7-16)19(27)11-9-17-14-23(24,25)22(30)26(17)13-5-8-18-10-12-20(31-18)21(28)29/h2-4,6-7,9-12,15,17,19,27H,5,8,13-14H2,1H3,(H,28,29)/t15-,17?,19-/m0/s1. The molecule has 3 rings (SSSR count). The van der Waals surface area contributed by atoms with Crippen molar-refractivity contribution in [3.05, 3.63) is 69.9 Å². The van der Waals surface area contributed by atoms with E-state index in [0.29, 0.717) is 12.8 Å². The molecule has 1 aromatic heterocycles. The van der Waals surface area contributed by atoms with Gasteiger partial charge in [-0.2, -0.15) is 8.78 Å². The van der Waals surface area contributed by atoms with Gasteiger partial charge in [0.25, 0.3) is 5.91 Å². The highest BCUT2D eigenvalue weighted by Crippen LogP contribution is 2.34. The highest BCUT2D eigenvalue weighted by molar-refractivity contribution is 7.13. The van der Waals surface area contributed by atoms with Gasteiger partial charge in [0.1, 0.15) is 4.88 Å². The smallest absolute Gasteiger partial charge is 0.345 e. The quantitative estimate of drug-likeness (QED) is 0.559. The minimum atomic E-state index is -3.43. The van der Waals surface area contributed by atoms with Crippen LogP contribution in [0.15, 0.2) is 54.6 Å². The van der Waals surface area contributed by atoms with Gasteiger partial charge in [0.2, 0.25) is 0 Å². The monoisotopic (exact) mass is 449 g/mol. The van der Waals surface area contributed by atoms with Crippen LogP contribution in [0.2, 0.25) is 0 Å². The molecule has 0 saturated carbocycles. The summed E-state index contributed by atoms with van der Waals surface area (Å²) in [6, 6.07) is 11.8. The van der Waals surface area contributed by atoms with Crippen LogP contribution in [0.3, 0.4) is 0 Å². The second-order valence-electron chi connectivity index (χ2n) is 7.72. The van der Waals surface area contributed by atoms with E-state index in [1.807, 2.05) is 37.3 Å². The molecule has 31 heavy (non-hydrogen) atoms. The molecular weight excluding hydrogens is 424 g/mol. The molecule has 2 heterocycles. The van der Waals surface area contributed by atoms with Gasteiger partial charge in [-0.05, 0) is 30.5 Å². The number of halogens is 2. The Morgan fingerprint density at radius 1 is 1.29 bits per heavy atom. The van der Waals surface area contributed by atoms with E-state index in [9.17, 15) is 23.5 Å². The number of amides is 1. The van der Waals surface area contributed by atoms with Crippen molar-refractivity contribution in [2.24, 2.45) is 0 Å². The van der Waals surface area contributed by atoms with Crippen LogP contribution in [0.5, 0.6) is 0 Å². The number of aromatic carboxylic acids is 1. The van der Waals surface area contributed by atoms with Gasteiger partial charge >= 0.3 is 11.9 Å². The molecule has 3 atom stereocenters. The summed E-state index contributed by atoms with van der Waals surface area (Å²) in [6.45, 7) is 1.98. The summed E-state index contributed by atoms with van der Waals surface area (Å²) in [5.41, 5.74) is 0.931. The van der Waals surface area contributed by atoms with Crippen molar-refractivity contribution in [3.8, 4) is 0 Å². The molecule has 1 aromatic carbocycles. The Morgan fingerprint density at radius 2 is 2.00 bits per heavy atom. The topological polar surface area (TPSA) is 77.8 Å². The highest BCUT2D eigenvalue weighted by atomic mass is 32.1. The number of hydrogen-bond donors (Lipinski definition) is 2. The molecule has 2 N–H and O–H groups in total. The van der Waals surface area contributed by atoms with Gasteiger partial charge in [-0.1, -0.05) is 49.4 Å². The number of benzene rings is 1. The zero-order chi connectivity index (χ0) is 22.6. The molecule has 1 amide bonds. The molecule has 1 saturated heterocycles. The zero-order valence-electron chi connectivity index (χ0n) is 17.1. The SMILES string of the molecule is C[C@@H](c1ccccc1)[C@@H](O)C=CC1CC(F)(F)C(=O)N1CCCc1ccc(C(=O)O)s1. The molecule has 1 fully saturated rings. The van der Waals surface area contributed by atoms with Crippen LogP contribution < -0.4 is 0 Å². The zero-order valence-corrected chi connectivity index (χ0v) is 17.9. The molecule has 1 aliphatic rings. The number of carboxylic acid groups (broad SMARTS) is 1. The summed E-state index contributed by atoms with van der Waals surface area (Å²) in [6.07, 6.45) is 2.44. The predicted molar refractivity (Wildman–Crippen MR) is 115 cm³/mol. The van der Waals surface area contributed by atoms with Gasteiger partial charge in [0.05, 0.1) is 12.1 Å². The third-order valence-electron chi connectivity index (χ3n) is 5.50. The first-order valence-electron chi connectivity index (χ1n) is 10.1. The Kier molecular flexibility index (Phi) is 7.23. The van der Waals surface area contributed by atoms with Crippen molar-refractivity contribution < 1.29 is 28.6 Å². The minimum Gasteiger partial charge on any atom is -0.477 e. The third kappa shape index (κ3) is 5.57. The number of hydrogen-bond acceptors (Lipinski definition) is 4. The molecule has 1 unspecified atom stereocenters. The fraction of sp³-hybridized carbons (Fsp3) is 0.391. The maximum Gasteiger partial charge on any atom is 0.345 e. The summed E-state index contributed by atoms with van der Waals surface area (Å²) in [5.74, 6) is -5.85. The van der Waals surface area contributed by atoms with Gasteiger partial charge < -0.3 is 15.1 Å². The Balaban J connectivity index is 1.62. The second kappa shape index (κ2) is 9.70. The fourth-order valence-corrected chi connectivity index (χ4v) is 4.56.